The van der Waals surface area contributed by atoms with Gasteiger partial charge in [-0.25, -0.2) is 0 Å². The highest BCUT2D eigenvalue weighted by Crippen LogP contribution is 2.36. The van der Waals surface area contributed by atoms with Crippen molar-refractivity contribution in [3.05, 3.63) is 29.8 Å². The molecule has 28 heavy (non-hydrogen) atoms. The molecule has 3 fully saturated rings. The van der Waals surface area contributed by atoms with E-state index in [1.807, 2.05) is 12.1 Å². The number of ether oxygens (including phenoxy) is 2. The van der Waals surface area contributed by atoms with Gasteiger partial charge in [0.2, 0.25) is 5.91 Å². The lowest BCUT2D eigenvalue weighted by Gasteiger charge is -2.47. The number of nitrogens with one attached hydrogen (secondary N) is 1. The van der Waals surface area contributed by atoms with E-state index in [2.05, 4.69) is 22.3 Å². The molecule has 1 aromatic rings. The molecule has 0 radical (unpaired) electrons. The van der Waals surface area contributed by atoms with Gasteiger partial charge in [-0.15, -0.1) is 0 Å². The predicted molar refractivity (Wildman–Crippen MR) is 110 cm³/mol. The van der Waals surface area contributed by atoms with E-state index in [0.717, 1.165) is 44.8 Å². The Balaban J connectivity index is 1.40. The first-order valence-electron chi connectivity index (χ1n) is 11.0. The number of likely N-dealkylation sites (tertiary alicyclic amines) is 1. The molecular formula is C23H34N2O3. The molecule has 154 valence electrons. The van der Waals surface area contributed by atoms with Gasteiger partial charge in [0.05, 0.1) is 13.2 Å². The third-order valence-electron chi connectivity index (χ3n) is 7.16. The summed E-state index contributed by atoms with van der Waals surface area (Å²) in [4.78, 5) is 15.4. The number of rotatable bonds is 6. The molecule has 3 aliphatic rings. The number of nitrogens with zero attached hydrogens (tertiary/aromatic N) is 1. The van der Waals surface area contributed by atoms with Crippen molar-refractivity contribution in [1.29, 1.82) is 0 Å². The molecule has 5 nitrogen and oxygen atoms in total. The SMILES string of the molecule is COc1ccc(C2(CNC(=O)C3CCN3C3CCCCC3)CCOCC2)cc1. The first-order valence-corrected chi connectivity index (χ1v) is 11.0. The second-order valence-corrected chi connectivity index (χ2v) is 8.67. The lowest BCUT2D eigenvalue weighted by atomic mass is 9.74. The van der Waals surface area contributed by atoms with Gasteiger partial charge in [-0.2, -0.15) is 0 Å². The minimum absolute atomic E-state index is 0.0421. The van der Waals surface area contributed by atoms with Gasteiger partial charge >= 0.3 is 0 Å². The molecule has 2 heterocycles. The molecule has 1 aliphatic carbocycles. The van der Waals surface area contributed by atoms with Crippen LogP contribution in [0.4, 0.5) is 0 Å². The van der Waals surface area contributed by atoms with Gasteiger partial charge in [-0.05, 0) is 49.8 Å². The summed E-state index contributed by atoms with van der Waals surface area (Å²) in [6.07, 6.45) is 9.39. The molecular weight excluding hydrogens is 352 g/mol. The molecule has 1 atom stereocenters. The summed E-state index contributed by atoms with van der Waals surface area (Å²) in [5, 5.41) is 3.32. The van der Waals surface area contributed by atoms with Crippen LogP contribution in [0.1, 0.15) is 56.9 Å². The third-order valence-corrected chi connectivity index (χ3v) is 7.16. The fraction of sp³-hybridized carbons (Fsp3) is 0.696. The lowest BCUT2D eigenvalue weighted by molar-refractivity contribution is -0.133. The van der Waals surface area contributed by atoms with Crippen LogP contribution in [-0.2, 0) is 14.9 Å². The molecule has 1 saturated carbocycles. The number of hydrogen-bond donors (Lipinski definition) is 1. The van der Waals surface area contributed by atoms with Gasteiger partial charge in [0.15, 0.2) is 0 Å². The van der Waals surface area contributed by atoms with Crippen molar-refractivity contribution in [1.82, 2.24) is 10.2 Å². The Hall–Kier alpha value is -1.59. The first kappa shape index (κ1) is 19.7. The zero-order valence-corrected chi connectivity index (χ0v) is 17.1. The van der Waals surface area contributed by atoms with Crippen molar-refractivity contribution in [3.63, 3.8) is 0 Å². The number of hydrogen-bond acceptors (Lipinski definition) is 4. The Kier molecular flexibility index (Phi) is 6.22. The molecule has 1 amide bonds. The van der Waals surface area contributed by atoms with Crippen molar-refractivity contribution in [2.45, 2.75) is 68.9 Å². The number of carbonyl (C=O) groups excluding carboxylic acids is 1. The highest BCUT2D eigenvalue weighted by Gasteiger charge is 2.40. The molecule has 4 rings (SSSR count). The number of carbonyl (C=O) groups is 1. The summed E-state index contributed by atoms with van der Waals surface area (Å²) >= 11 is 0. The summed E-state index contributed by atoms with van der Waals surface area (Å²) in [7, 11) is 1.69. The van der Waals surface area contributed by atoms with Crippen LogP contribution in [0.3, 0.4) is 0 Å². The Morgan fingerprint density at radius 3 is 2.46 bits per heavy atom. The zero-order chi connectivity index (χ0) is 19.4. The molecule has 0 aromatic heterocycles. The Bertz CT molecular complexity index is 648. The van der Waals surface area contributed by atoms with Crippen LogP contribution < -0.4 is 10.1 Å². The third kappa shape index (κ3) is 4.06. The summed E-state index contributed by atoms with van der Waals surface area (Å²) in [5.41, 5.74) is 1.23. The smallest absolute Gasteiger partial charge is 0.237 e. The van der Waals surface area contributed by atoms with Crippen molar-refractivity contribution in [2.75, 3.05) is 33.4 Å². The molecule has 0 spiro atoms. The van der Waals surface area contributed by atoms with E-state index >= 15 is 0 Å². The van der Waals surface area contributed by atoms with E-state index < -0.39 is 0 Å². The molecule has 2 saturated heterocycles. The fourth-order valence-electron chi connectivity index (χ4n) is 5.19. The lowest BCUT2D eigenvalue weighted by Crippen LogP contribution is -2.61. The Morgan fingerprint density at radius 2 is 1.86 bits per heavy atom. The van der Waals surface area contributed by atoms with Gasteiger partial charge < -0.3 is 14.8 Å². The summed E-state index contributed by atoms with van der Waals surface area (Å²) in [6.45, 7) is 3.27. The number of amides is 1. The average Bonchev–Trinajstić information content (AvgIpc) is 2.73. The summed E-state index contributed by atoms with van der Waals surface area (Å²) in [6, 6.07) is 9.03. The van der Waals surface area contributed by atoms with Crippen molar-refractivity contribution in [2.24, 2.45) is 0 Å². The van der Waals surface area contributed by atoms with Crippen molar-refractivity contribution < 1.29 is 14.3 Å². The van der Waals surface area contributed by atoms with E-state index in [1.165, 1.54) is 37.7 Å². The van der Waals surface area contributed by atoms with Gasteiger partial charge in [0, 0.05) is 37.8 Å². The maximum absolute atomic E-state index is 13.0. The van der Waals surface area contributed by atoms with Crippen LogP contribution in [-0.4, -0.2) is 56.3 Å². The van der Waals surface area contributed by atoms with E-state index in [0.29, 0.717) is 12.6 Å². The molecule has 5 heteroatoms. The average molecular weight is 387 g/mol. The van der Waals surface area contributed by atoms with Gasteiger partial charge in [-0.1, -0.05) is 31.4 Å². The van der Waals surface area contributed by atoms with Crippen molar-refractivity contribution in [3.8, 4) is 5.75 Å². The molecule has 1 N–H and O–H groups in total. The highest BCUT2D eigenvalue weighted by atomic mass is 16.5. The summed E-state index contributed by atoms with van der Waals surface area (Å²) < 4.78 is 10.9. The van der Waals surface area contributed by atoms with Crippen LogP contribution in [0.25, 0.3) is 0 Å². The topological polar surface area (TPSA) is 50.8 Å². The second kappa shape index (κ2) is 8.83. The van der Waals surface area contributed by atoms with E-state index in [-0.39, 0.29) is 17.4 Å². The van der Waals surface area contributed by atoms with Crippen molar-refractivity contribution >= 4 is 5.91 Å². The van der Waals surface area contributed by atoms with E-state index in [9.17, 15) is 4.79 Å². The van der Waals surface area contributed by atoms with Crippen LogP contribution in [0, 0.1) is 0 Å². The minimum atomic E-state index is -0.0421. The summed E-state index contributed by atoms with van der Waals surface area (Å²) in [5.74, 6) is 1.09. The molecule has 2 aliphatic heterocycles. The van der Waals surface area contributed by atoms with Crippen LogP contribution in [0.15, 0.2) is 24.3 Å². The Morgan fingerprint density at radius 1 is 1.14 bits per heavy atom. The highest BCUT2D eigenvalue weighted by molar-refractivity contribution is 5.82. The van der Waals surface area contributed by atoms with Crippen LogP contribution in [0.2, 0.25) is 0 Å². The van der Waals surface area contributed by atoms with Crippen LogP contribution in [0.5, 0.6) is 5.75 Å². The fourth-order valence-corrected chi connectivity index (χ4v) is 5.19. The number of benzene rings is 1. The molecule has 1 unspecified atom stereocenters. The normalized spacial score (nSPS) is 25.7. The quantitative estimate of drug-likeness (QED) is 0.815. The maximum Gasteiger partial charge on any atom is 0.237 e. The second-order valence-electron chi connectivity index (χ2n) is 8.67. The first-order chi connectivity index (χ1) is 13.7. The standard InChI is InChI=1S/C23H34N2O3/c1-27-20-9-7-18(8-10-20)23(12-15-28-16-13-23)17-24-22(26)21-11-14-25(21)19-5-3-2-4-6-19/h7-10,19,21H,2-6,11-17H2,1H3,(H,24,26). The van der Waals surface area contributed by atoms with Gasteiger partial charge in [0.1, 0.15) is 5.75 Å². The number of methoxy groups -OCH3 is 1. The van der Waals surface area contributed by atoms with E-state index in [1.54, 1.807) is 7.11 Å². The zero-order valence-electron chi connectivity index (χ0n) is 17.1. The maximum atomic E-state index is 13.0. The van der Waals surface area contributed by atoms with Gasteiger partial charge in [0.25, 0.3) is 0 Å². The largest absolute Gasteiger partial charge is 0.497 e. The van der Waals surface area contributed by atoms with Crippen LogP contribution >= 0.6 is 0 Å². The van der Waals surface area contributed by atoms with E-state index in [4.69, 9.17) is 9.47 Å². The molecule has 1 aromatic carbocycles. The monoisotopic (exact) mass is 386 g/mol. The Labute approximate surface area is 168 Å². The minimum Gasteiger partial charge on any atom is -0.497 e. The predicted octanol–water partition coefficient (Wildman–Crippen LogP) is 3.27. The van der Waals surface area contributed by atoms with Gasteiger partial charge in [-0.3, -0.25) is 9.69 Å². The molecule has 0 bridgehead atoms.